The van der Waals surface area contributed by atoms with Gasteiger partial charge in [0.1, 0.15) is 19.0 Å². The molecule has 2 heterocycles. The van der Waals surface area contributed by atoms with Gasteiger partial charge in [-0.05, 0) is 24.1 Å². The maximum atomic E-state index is 12.6. The van der Waals surface area contributed by atoms with E-state index in [0.29, 0.717) is 25.3 Å². The first-order chi connectivity index (χ1) is 14.3. The van der Waals surface area contributed by atoms with Crippen molar-refractivity contribution < 1.29 is 27.5 Å². The number of hydrogen-bond acceptors (Lipinski definition) is 5. The number of alkyl carbamates (subject to hydrolysis) is 1. The molecule has 1 aromatic carbocycles. The second-order valence-electron chi connectivity index (χ2n) is 6.82. The van der Waals surface area contributed by atoms with Gasteiger partial charge in [0.25, 0.3) is 0 Å². The van der Waals surface area contributed by atoms with Crippen molar-refractivity contribution in [2.45, 2.75) is 25.2 Å². The van der Waals surface area contributed by atoms with E-state index in [1.807, 2.05) is 30.3 Å². The lowest BCUT2D eigenvalue weighted by Crippen LogP contribution is -2.43. The summed E-state index contributed by atoms with van der Waals surface area (Å²) < 4.78 is 42.9. The Balaban J connectivity index is 1.38. The highest BCUT2D eigenvalue weighted by Gasteiger charge is 2.31. The molecule has 160 valence electrons. The van der Waals surface area contributed by atoms with Gasteiger partial charge in [0.05, 0.1) is 5.56 Å². The molecule has 1 atom stereocenters. The summed E-state index contributed by atoms with van der Waals surface area (Å²) in [5.74, 6) is 0.0428. The van der Waals surface area contributed by atoms with Crippen molar-refractivity contribution >= 4 is 17.8 Å². The Bertz CT molecular complexity index is 860. The molecule has 1 aliphatic rings. The van der Waals surface area contributed by atoms with Crippen molar-refractivity contribution in [1.82, 2.24) is 15.6 Å². The number of pyridine rings is 1. The Hall–Kier alpha value is -3.30. The van der Waals surface area contributed by atoms with Crippen LogP contribution in [0.3, 0.4) is 0 Å². The lowest BCUT2D eigenvalue weighted by Gasteiger charge is -2.18. The quantitative estimate of drug-likeness (QED) is 0.748. The zero-order chi connectivity index (χ0) is 21.6. The molecule has 1 fully saturated rings. The number of halogens is 3. The summed E-state index contributed by atoms with van der Waals surface area (Å²) in [6.45, 7) is 0.840. The molecule has 0 aliphatic carbocycles. The fraction of sp³-hybridized carbons (Fsp3) is 0.350. The average Bonchev–Trinajstić information content (AvgIpc) is 3.19. The highest BCUT2D eigenvalue weighted by atomic mass is 19.4. The van der Waals surface area contributed by atoms with Gasteiger partial charge in [-0.1, -0.05) is 30.3 Å². The van der Waals surface area contributed by atoms with Crippen molar-refractivity contribution in [1.29, 1.82) is 0 Å². The van der Waals surface area contributed by atoms with Crippen LogP contribution in [0.5, 0.6) is 0 Å². The molecule has 0 saturated carbocycles. The van der Waals surface area contributed by atoms with E-state index < -0.39 is 17.8 Å². The number of benzene rings is 1. The average molecular weight is 422 g/mol. The standard InChI is InChI=1S/C20H21F3N4O3/c21-20(22,23)15-6-7-17(24-10-15)27-9-8-16(12-27)26-18(28)11-25-19(29)30-13-14-4-2-1-3-5-14/h1-7,10,16H,8-9,11-13H2,(H,25,29)(H,26,28)/t16-/m0/s1. The van der Waals surface area contributed by atoms with E-state index in [1.54, 1.807) is 4.90 Å². The molecule has 30 heavy (non-hydrogen) atoms. The number of carbonyl (C=O) groups is 2. The topological polar surface area (TPSA) is 83.6 Å². The number of nitrogens with one attached hydrogen (secondary N) is 2. The van der Waals surface area contributed by atoms with Gasteiger partial charge in [-0.3, -0.25) is 4.79 Å². The van der Waals surface area contributed by atoms with E-state index in [2.05, 4.69) is 15.6 Å². The number of alkyl halides is 3. The Morgan fingerprint density at radius 1 is 1.17 bits per heavy atom. The van der Waals surface area contributed by atoms with Crippen molar-refractivity contribution in [3.05, 3.63) is 59.8 Å². The summed E-state index contributed by atoms with van der Waals surface area (Å²) >= 11 is 0. The van der Waals surface area contributed by atoms with Gasteiger partial charge in [0, 0.05) is 25.3 Å². The third-order valence-corrected chi connectivity index (χ3v) is 4.56. The van der Waals surface area contributed by atoms with Gasteiger partial charge in [-0.25, -0.2) is 9.78 Å². The van der Waals surface area contributed by atoms with Crippen molar-refractivity contribution in [3.8, 4) is 0 Å². The van der Waals surface area contributed by atoms with E-state index in [0.717, 1.165) is 17.8 Å². The SMILES string of the molecule is O=C(CNC(=O)OCc1ccccc1)N[C@H]1CCN(c2ccc(C(F)(F)F)cn2)C1. The molecule has 1 aliphatic heterocycles. The van der Waals surface area contributed by atoms with E-state index in [4.69, 9.17) is 4.74 Å². The van der Waals surface area contributed by atoms with Crippen LogP contribution in [0.1, 0.15) is 17.5 Å². The third kappa shape index (κ3) is 6.10. The van der Waals surface area contributed by atoms with Crippen LogP contribution < -0.4 is 15.5 Å². The Labute approximate surface area is 171 Å². The molecular weight excluding hydrogens is 401 g/mol. The zero-order valence-corrected chi connectivity index (χ0v) is 16.0. The molecule has 2 aromatic rings. The van der Waals surface area contributed by atoms with Crippen LogP contribution in [0.15, 0.2) is 48.7 Å². The van der Waals surface area contributed by atoms with Crippen LogP contribution in [0.2, 0.25) is 0 Å². The smallest absolute Gasteiger partial charge is 0.417 e. The summed E-state index contributed by atoms with van der Waals surface area (Å²) in [4.78, 5) is 29.4. The van der Waals surface area contributed by atoms with E-state index in [9.17, 15) is 22.8 Å². The predicted octanol–water partition coefficient (Wildman–Crippen LogP) is 2.72. The van der Waals surface area contributed by atoms with E-state index >= 15 is 0 Å². The maximum Gasteiger partial charge on any atom is 0.417 e. The zero-order valence-electron chi connectivity index (χ0n) is 16.0. The highest BCUT2D eigenvalue weighted by Crippen LogP contribution is 2.29. The van der Waals surface area contributed by atoms with Gasteiger partial charge < -0.3 is 20.3 Å². The fourth-order valence-electron chi connectivity index (χ4n) is 3.03. The van der Waals surface area contributed by atoms with E-state index in [1.165, 1.54) is 6.07 Å². The van der Waals surface area contributed by atoms with E-state index in [-0.39, 0.29) is 25.1 Å². The Kier molecular flexibility index (Phi) is 6.76. The van der Waals surface area contributed by atoms with Crippen LogP contribution in [-0.4, -0.2) is 42.7 Å². The van der Waals surface area contributed by atoms with Crippen LogP contribution >= 0.6 is 0 Å². The van der Waals surface area contributed by atoms with Crippen molar-refractivity contribution in [2.75, 3.05) is 24.5 Å². The molecular formula is C20H21F3N4O3. The first-order valence-corrected chi connectivity index (χ1v) is 9.33. The van der Waals surface area contributed by atoms with Crippen LogP contribution in [0.25, 0.3) is 0 Å². The molecule has 0 bridgehead atoms. The molecule has 2 N–H and O–H groups in total. The van der Waals surface area contributed by atoms with Gasteiger partial charge in [-0.15, -0.1) is 0 Å². The lowest BCUT2D eigenvalue weighted by atomic mass is 10.2. The minimum absolute atomic E-state index is 0.103. The second-order valence-corrected chi connectivity index (χ2v) is 6.82. The minimum atomic E-state index is -4.43. The number of rotatable bonds is 6. The Morgan fingerprint density at radius 2 is 1.93 bits per heavy atom. The first-order valence-electron chi connectivity index (χ1n) is 9.33. The molecule has 1 aromatic heterocycles. The van der Waals surface area contributed by atoms with Crippen LogP contribution in [0.4, 0.5) is 23.8 Å². The van der Waals surface area contributed by atoms with Gasteiger partial charge >= 0.3 is 12.3 Å². The molecule has 3 rings (SSSR count). The molecule has 1 saturated heterocycles. The summed E-state index contributed by atoms with van der Waals surface area (Å²) in [7, 11) is 0. The third-order valence-electron chi connectivity index (χ3n) is 4.56. The number of anilines is 1. The fourth-order valence-corrected chi connectivity index (χ4v) is 3.03. The largest absolute Gasteiger partial charge is 0.445 e. The summed E-state index contributed by atoms with van der Waals surface area (Å²) in [5.41, 5.74) is 0.0283. The predicted molar refractivity (Wildman–Crippen MR) is 103 cm³/mol. The van der Waals surface area contributed by atoms with Gasteiger partial charge in [-0.2, -0.15) is 13.2 Å². The monoisotopic (exact) mass is 422 g/mol. The first kappa shape index (κ1) is 21.4. The number of amides is 2. The number of ether oxygens (including phenoxy) is 1. The summed E-state index contributed by atoms with van der Waals surface area (Å²) in [6.07, 6.45) is -3.71. The number of hydrogen-bond donors (Lipinski definition) is 2. The van der Waals surface area contributed by atoms with Crippen LogP contribution in [0, 0.1) is 0 Å². The molecule has 0 spiro atoms. The van der Waals surface area contributed by atoms with Crippen molar-refractivity contribution in [2.24, 2.45) is 0 Å². The molecule has 7 nitrogen and oxygen atoms in total. The molecule has 10 heteroatoms. The van der Waals surface area contributed by atoms with Gasteiger partial charge in [0.15, 0.2) is 0 Å². The maximum absolute atomic E-state index is 12.6. The molecule has 0 radical (unpaired) electrons. The summed E-state index contributed by atoms with van der Waals surface area (Å²) in [5, 5.41) is 5.17. The number of aromatic nitrogens is 1. The summed E-state index contributed by atoms with van der Waals surface area (Å²) in [6, 6.07) is 11.3. The van der Waals surface area contributed by atoms with Gasteiger partial charge in [0.2, 0.25) is 5.91 Å². The second kappa shape index (κ2) is 9.47. The number of nitrogens with zero attached hydrogens (tertiary/aromatic N) is 2. The lowest BCUT2D eigenvalue weighted by molar-refractivity contribution is -0.137. The Morgan fingerprint density at radius 3 is 2.60 bits per heavy atom. The normalized spacial score (nSPS) is 16.2. The van der Waals surface area contributed by atoms with Crippen molar-refractivity contribution in [3.63, 3.8) is 0 Å². The number of carbonyl (C=O) groups excluding carboxylic acids is 2. The highest BCUT2D eigenvalue weighted by molar-refractivity contribution is 5.82. The minimum Gasteiger partial charge on any atom is -0.445 e. The molecule has 0 unspecified atom stereocenters. The van der Waals surface area contributed by atoms with Crippen LogP contribution in [-0.2, 0) is 22.3 Å². The molecule has 2 amide bonds.